The average Bonchev–Trinajstić information content (AvgIpc) is 1.69. The van der Waals surface area contributed by atoms with Gasteiger partial charge in [-0.15, -0.1) is 0 Å². The molecule has 0 aromatic heterocycles. The normalized spacial score (nSPS) is 6.50. The summed E-state index contributed by atoms with van der Waals surface area (Å²) in [5.74, 6) is 0. The molecule has 0 spiro atoms. The van der Waals surface area contributed by atoms with E-state index >= 15 is 0 Å². The van der Waals surface area contributed by atoms with Gasteiger partial charge in [0.25, 0.3) is 6.47 Å². The van der Waals surface area contributed by atoms with E-state index in [2.05, 4.69) is 13.8 Å². The number of rotatable bonds is 1. The summed E-state index contributed by atoms with van der Waals surface area (Å²) in [7, 11) is 2.80. The Morgan fingerprint density at radius 1 is 2.25 bits per heavy atom. The molecule has 8 heavy (non-hydrogen) atoms. The summed E-state index contributed by atoms with van der Waals surface area (Å²) in [6.07, 6.45) is 0. The van der Waals surface area contributed by atoms with E-state index in [1.165, 1.54) is 0 Å². The molecule has 0 aromatic rings. The van der Waals surface area contributed by atoms with Crippen LogP contribution in [0.5, 0.6) is 0 Å². The third-order valence-corrected chi connectivity index (χ3v) is 0.0393. The minimum absolute atomic E-state index is 0. The second-order valence-electron chi connectivity index (χ2n) is 0.192. The van der Waals surface area contributed by atoms with Gasteiger partial charge in [-0.3, -0.25) is 4.79 Å². The SMILES string of the molecule is C.O=CO[O-].[2HH].[2H][P-]P.[H+].[H+].[K+]. The first-order chi connectivity index (χ1) is 3.33. The fourth-order valence-corrected chi connectivity index (χ4v) is 0. The molecular weight excluding hydrogens is 173 g/mol. The van der Waals surface area contributed by atoms with Crippen LogP contribution in [0.25, 0.3) is 0 Å². The molecule has 6 heteroatoms. The minimum Gasteiger partial charge on any atom is -0.662 e. The van der Waals surface area contributed by atoms with E-state index in [-0.39, 0.29) is 69.6 Å². The topological polar surface area (TPSA) is 49.4 Å². The van der Waals surface area contributed by atoms with E-state index in [0.29, 0.717) is 8.87 Å². The summed E-state index contributed by atoms with van der Waals surface area (Å²) in [4.78, 5) is 11.2. The van der Waals surface area contributed by atoms with Crippen molar-refractivity contribution in [2.45, 2.75) is 7.43 Å². The number of hydrogen-bond acceptors (Lipinski definition) is 3. The molecule has 0 aliphatic heterocycles. The Bertz CT molecular complexity index is 47.5. The van der Waals surface area contributed by atoms with Crippen LogP contribution in [0, 0.1) is 0 Å². The van der Waals surface area contributed by atoms with Gasteiger partial charge in [-0.2, -0.15) is 0 Å². The van der Waals surface area contributed by atoms with Crippen LogP contribution in [0.15, 0.2) is 0 Å². The van der Waals surface area contributed by atoms with Crippen LogP contribution in [0.4, 0.5) is 0 Å². The quantitative estimate of drug-likeness (QED) is 0.149. The molecule has 0 saturated heterocycles. The summed E-state index contributed by atoms with van der Waals surface area (Å²) in [5, 5.41) is 8.43. The monoisotopic (exact) mass is 187 g/mol. The van der Waals surface area contributed by atoms with Crippen LogP contribution in [-0.4, -0.2) is 7.75 Å². The van der Waals surface area contributed by atoms with Gasteiger partial charge in [0.15, 0.2) is 0 Å². The van der Waals surface area contributed by atoms with E-state index in [1.807, 2.05) is 0 Å². The van der Waals surface area contributed by atoms with Gasteiger partial charge in [-0.1, -0.05) is 7.43 Å². The Balaban J connectivity index is -0.00000000597. The van der Waals surface area contributed by atoms with Crippen molar-refractivity contribution in [3.8, 4) is 0 Å². The molecule has 48 valence electrons. The predicted molar refractivity (Wildman–Crippen MR) is 36.2 cm³/mol. The third kappa shape index (κ3) is 44.4. The van der Waals surface area contributed by atoms with Crippen molar-refractivity contribution in [3.63, 3.8) is 0 Å². The Morgan fingerprint density at radius 3 is 2.38 bits per heavy atom. The van der Waals surface area contributed by atoms with E-state index in [4.69, 9.17) is 11.3 Å². The summed E-state index contributed by atoms with van der Waals surface area (Å²) in [5.41, 5.74) is 0. The molecular formula is C2H12KO3P2+. The van der Waals surface area contributed by atoms with Crippen LogP contribution in [0.3, 0.4) is 0 Å². The van der Waals surface area contributed by atoms with Crippen molar-refractivity contribution in [1.82, 2.24) is 0 Å². The standard InChI is InChI=1S/CH2O3.CH4.K.H3P2.H2/c2-1-4-3;;;1-2;/h1,3H;1H4;;1H,2H2;1H/q;;+1;-1;/p+1/i;;;1D;1+1. The summed E-state index contributed by atoms with van der Waals surface area (Å²) in [6.45, 7) is -0.181. The molecule has 0 bridgehead atoms. The third-order valence-electron chi connectivity index (χ3n) is 0.0393. The number of carbonyl (C=O) groups is 1. The molecule has 0 rings (SSSR count). The van der Waals surface area contributed by atoms with E-state index < -0.39 is 0 Å². The molecule has 0 saturated carbocycles. The van der Waals surface area contributed by atoms with Gasteiger partial charge in [-0.05, 0) is 0 Å². The number of carbonyl (C=O) groups excluding carboxylic acids is 1. The molecule has 0 heterocycles. The van der Waals surface area contributed by atoms with Crippen LogP contribution in [-0.2, 0) is 9.68 Å². The van der Waals surface area contributed by atoms with Crippen molar-refractivity contribution < 1.29 is 70.6 Å². The minimum atomic E-state index is -0.181. The zero-order chi connectivity index (χ0) is 6.12. The second kappa shape index (κ2) is 36.4. The first-order valence-electron chi connectivity index (χ1n) is 1.34. The van der Waals surface area contributed by atoms with Crippen molar-refractivity contribution in [1.29, 1.82) is 1.28 Å². The molecule has 0 amide bonds. The van der Waals surface area contributed by atoms with Crippen molar-refractivity contribution in [3.05, 3.63) is 0 Å². The number of hydrogen-bond donors (Lipinski definition) is 0. The molecule has 0 N–H and O–H groups in total. The first kappa shape index (κ1) is 16.5. The van der Waals surface area contributed by atoms with Crippen LogP contribution >= 0.6 is 17.8 Å². The van der Waals surface area contributed by atoms with Gasteiger partial charge >= 0.3 is 54.2 Å². The van der Waals surface area contributed by atoms with Crippen molar-refractivity contribution in [2.24, 2.45) is 0 Å². The summed E-state index contributed by atoms with van der Waals surface area (Å²) in [6, 6.07) is 0. The van der Waals surface area contributed by atoms with Gasteiger partial charge in [0, 0.05) is 1.43 Å². The Morgan fingerprint density at radius 2 is 2.38 bits per heavy atom. The largest absolute Gasteiger partial charge is 1.00 e. The molecule has 1 atom stereocenters. The van der Waals surface area contributed by atoms with Gasteiger partial charge in [-0.25, -0.2) is 1.28 Å². The van der Waals surface area contributed by atoms with E-state index in [9.17, 15) is 0 Å². The zero-order valence-corrected chi connectivity index (χ0v) is 9.00. The van der Waals surface area contributed by atoms with Gasteiger partial charge in [0.2, 0.25) is 0 Å². The fourth-order valence-electron chi connectivity index (χ4n) is 0. The van der Waals surface area contributed by atoms with Gasteiger partial charge in [0.05, 0.1) is 0 Å². The van der Waals surface area contributed by atoms with E-state index in [0.717, 1.165) is 0 Å². The first-order valence-corrected chi connectivity index (χ1v) is 2.96. The predicted octanol–water partition coefficient (Wildman–Crippen LogP) is -2.53. The fraction of sp³-hybridized carbons (Fsp3) is 0.500. The Hall–Kier alpha value is 1.93. The Kier molecular flexibility index (Phi) is 75.0. The summed E-state index contributed by atoms with van der Waals surface area (Å²) >= 11 is 0. The van der Waals surface area contributed by atoms with Crippen molar-refractivity contribution in [2.75, 3.05) is 0 Å². The molecule has 1 unspecified atom stereocenters. The molecule has 0 fully saturated rings. The molecule has 0 aliphatic rings. The molecule has 0 aliphatic carbocycles. The van der Waals surface area contributed by atoms with Crippen LogP contribution < -0.4 is 56.6 Å². The Labute approximate surface area is 102 Å². The maximum Gasteiger partial charge on any atom is 1.00 e. The maximum atomic E-state index is 8.64. The maximum absolute atomic E-state index is 8.64. The van der Waals surface area contributed by atoms with Gasteiger partial charge < -0.3 is 27.9 Å². The van der Waals surface area contributed by atoms with Crippen LogP contribution in [0.2, 0.25) is 0 Å². The average molecular weight is 187 g/mol. The molecule has 0 aromatic carbocycles. The second-order valence-corrected chi connectivity index (χ2v) is 0.192. The molecule has 0 radical (unpaired) electrons. The van der Waals surface area contributed by atoms with Gasteiger partial charge in [0.1, 0.15) is 0 Å². The molecule has 3 nitrogen and oxygen atoms in total. The smallest absolute Gasteiger partial charge is 0.662 e. The van der Waals surface area contributed by atoms with E-state index in [1.54, 1.807) is 0 Å². The summed E-state index contributed by atoms with van der Waals surface area (Å²) < 4.78 is 6.14. The zero-order valence-electron chi connectivity index (χ0n) is 6.83. The van der Waals surface area contributed by atoms with Crippen molar-refractivity contribution >= 4 is 24.3 Å². The van der Waals surface area contributed by atoms with Crippen LogP contribution in [0.1, 0.15) is 11.7 Å².